The second-order valence-corrected chi connectivity index (χ2v) is 3.16. The van der Waals surface area contributed by atoms with Gasteiger partial charge in [-0.05, 0) is 6.92 Å². The van der Waals surface area contributed by atoms with Gasteiger partial charge >= 0.3 is 6.16 Å². The maximum Gasteiger partial charge on any atom is 0.508 e. The van der Waals surface area contributed by atoms with Crippen molar-refractivity contribution in [3.8, 4) is 0 Å². The van der Waals surface area contributed by atoms with Crippen LogP contribution in [-0.4, -0.2) is 19.4 Å². The van der Waals surface area contributed by atoms with Gasteiger partial charge < -0.3 is 9.47 Å². The number of carbonyl (C=O) groups is 1. The monoisotopic (exact) mass is 172 g/mol. The average Bonchev–Trinajstić information content (AvgIpc) is 2.02. The van der Waals surface area contributed by atoms with Crippen molar-refractivity contribution >= 4 is 6.16 Å². The predicted molar refractivity (Wildman–Crippen MR) is 47.0 cm³/mol. The highest BCUT2D eigenvalue weighted by Gasteiger charge is 2.15. The summed E-state index contributed by atoms with van der Waals surface area (Å²) in [6.45, 7) is 9.86. The van der Waals surface area contributed by atoms with E-state index < -0.39 is 6.16 Å². The van der Waals surface area contributed by atoms with Crippen LogP contribution in [0, 0.1) is 5.41 Å². The lowest BCUT2D eigenvalue weighted by molar-refractivity contribution is 0.0414. The fourth-order valence-electron chi connectivity index (χ4n) is 0.463. The van der Waals surface area contributed by atoms with Gasteiger partial charge in [-0.3, -0.25) is 0 Å². The first-order valence-corrected chi connectivity index (χ1v) is 3.95. The van der Waals surface area contributed by atoms with Gasteiger partial charge in [0.25, 0.3) is 0 Å². The zero-order valence-electron chi connectivity index (χ0n) is 7.92. The van der Waals surface area contributed by atoms with Crippen molar-refractivity contribution in [1.29, 1.82) is 0 Å². The Morgan fingerprint density at radius 3 is 2.50 bits per heavy atom. The molecule has 70 valence electrons. The minimum atomic E-state index is -0.618. The van der Waals surface area contributed by atoms with Gasteiger partial charge in [-0.25, -0.2) is 4.79 Å². The van der Waals surface area contributed by atoms with Crippen molar-refractivity contribution in [1.82, 2.24) is 0 Å². The molecule has 3 nitrogen and oxygen atoms in total. The molecule has 0 aliphatic heterocycles. The van der Waals surface area contributed by atoms with E-state index in [1.165, 1.54) is 0 Å². The molecule has 0 aliphatic rings. The molecule has 0 fully saturated rings. The Hall–Kier alpha value is -0.990. The van der Waals surface area contributed by atoms with E-state index in [1.807, 2.05) is 13.8 Å². The fraction of sp³-hybridized carbons (Fsp3) is 0.667. The molecule has 0 rings (SSSR count). The first kappa shape index (κ1) is 11.0. The highest BCUT2D eigenvalue weighted by molar-refractivity contribution is 5.59. The molecule has 0 aliphatic carbocycles. The van der Waals surface area contributed by atoms with Crippen molar-refractivity contribution in [2.24, 2.45) is 5.41 Å². The van der Waals surface area contributed by atoms with Gasteiger partial charge in [0.05, 0.1) is 6.61 Å². The van der Waals surface area contributed by atoms with Gasteiger partial charge in [0.1, 0.15) is 6.61 Å². The van der Waals surface area contributed by atoms with Crippen LogP contribution in [0.4, 0.5) is 4.79 Å². The van der Waals surface area contributed by atoms with Crippen LogP contribution in [0.25, 0.3) is 0 Å². The molecule has 0 saturated carbocycles. The molecular weight excluding hydrogens is 156 g/mol. The van der Waals surface area contributed by atoms with E-state index in [0.29, 0.717) is 13.2 Å². The molecule has 12 heavy (non-hydrogen) atoms. The van der Waals surface area contributed by atoms with Gasteiger partial charge in [0, 0.05) is 5.41 Å². The van der Waals surface area contributed by atoms with Gasteiger partial charge in [-0.2, -0.15) is 0 Å². The fourth-order valence-corrected chi connectivity index (χ4v) is 0.463. The SMILES string of the molecule is C=CC(C)(C)COC(=O)OCC. The molecular formula is C9H16O3. The minimum absolute atomic E-state index is 0.188. The number of carbonyl (C=O) groups excluding carboxylic acids is 1. The van der Waals surface area contributed by atoms with E-state index in [1.54, 1.807) is 13.0 Å². The molecule has 0 saturated heterocycles. The highest BCUT2D eigenvalue weighted by Crippen LogP contribution is 2.16. The standard InChI is InChI=1S/C9H16O3/c1-5-9(3,4)7-12-8(10)11-6-2/h5H,1,6-7H2,2-4H3. The Morgan fingerprint density at radius 1 is 1.50 bits per heavy atom. The molecule has 0 aromatic carbocycles. The van der Waals surface area contributed by atoms with Crippen LogP contribution >= 0.6 is 0 Å². The number of ether oxygens (including phenoxy) is 2. The summed E-state index contributed by atoms with van der Waals surface area (Å²) >= 11 is 0. The van der Waals surface area contributed by atoms with E-state index in [9.17, 15) is 4.79 Å². The van der Waals surface area contributed by atoms with Gasteiger partial charge in [0.2, 0.25) is 0 Å². The third kappa shape index (κ3) is 4.77. The molecule has 0 atom stereocenters. The molecule has 0 spiro atoms. The Kier molecular flexibility index (Phi) is 4.40. The van der Waals surface area contributed by atoms with Crippen LogP contribution in [0.3, 0.4) is 0 Å². The second kappa shape index (κ2) is 4.80. The molecule has 0 radical (unpaired) electrons. The lowest BCUT2D eigenvalue weighted by atomic mass is 9.96. The maximum atomic E-state index is 10.7. The molecule has 0 N–H and O–H groups in total. The molecule has 0 amide bonds. The van der Waals surface area contributed by atoms with E-state index in [0.717, 1.165) is 0 Å². The second-order valence-electron chi connectivity index (χ2n) is 3.16. The Labute approximate surface area is 73.4 Å². The van der Waals surface area contributed by atoms with Crippen molar-refractivity contribution in [3.63, 3.8) is 0 Å². The number of rotatable bonds is 4. The molecule has 0 aromatic rings. The van der Waals surface area contributed by atoms with Crippen LogP contribution in [0.15, 0.2) is 12.7 Å². The average molecular weight is 172 g/mol. The van der Waals surface area contributed by atoms with Crippen LogP contribution in [0.1, 0.15) is 20.8 Å². The van der Waals surface area contributed by atoms with Gasteiger partial charge in [-0.15, -0.1) is 6.58 Å². The third-order valence-electron chi connectivity index (χ3n) is 1.38. The summed E-state index contributed by atoms with van der Waals surface area (Å²) in [6.07, 6.45) is 1.12. The van der Waals surface area contributed by atoms with Crippen LogP contribution in [0.5, 0.6) is 0 Å². The zero-order valence-corrected chi connectivity index (χ0v) is 7.92. The van der Waals surface area contributed by atoms with Gasteiger partial charge in [-0.1, -0.05) is 19.9 Å². The summed E-state index contributed by atoms with van der Waals surface area (Å²) in [6, 6.07) is 0. The molecule has 0 aromatic heterocycles. The number of hydrogen-bond acceptors (Lipinski definition) is 3. The topological polar surface area (TPSA) is 35.5 Å². The molecule has 0 unspecified atom stereocenters. The lowest BCUT2D eigenvalue weighted by Crippen LogP contribution is -2.19. The Balaban J connectivity index is 3.67. The summed E-state index contributed by atoms with van der Waals surface area (Å²) in [4.78, 5) is 10.7. The first-order valence-electron chi connectivity index (χ1n) is 3.95. The van der Waals surface area contributed by atoms with Crippen molar-refractivity contribution in [3.05, 3.63) is 12.7 Å². The van der Waals surface area contributed by atoms with E-state index in [-0.39, 0.29) is 5.41 Å². The van der Waals surface area contributed by atoms with Crippen molar-refractivity contribution in [2.75, 3.05) is 13.2 Å². The van der Waals surface area contributed by atoms with Crippen molar-refractivity contribution in [2.45, 2.75) is 20.8 Å². The highest BCUT2D eigenvalue weighted by atomic mass is 16.7. The van der Waals surface area contributed by atoms with E-state index in [2.05, 4.69) is 11.3 Å². The molecule has 0 heterocycles. The summed E-state index contributed by atoms with van der Waals surface area (Å²) < 4.78 is 9.39. The normalized spacial score (nSPS) is 10.6. The predicted octanol–water partition coefficient (Wildman–Crippen LogP) is 2.37. The molecule has 0 bridgehead atoms. The summed E-state index contributed by atoms with van der Waals surface area (Å²) in [5.74, 6) is 0. The van der Waals surface area contributed by atoms with Gasteiger partial charge in [0.15, 0.2) is 0 Å². The van der Waals surface area contributed by atoms with E-state index >= 15 is 0 Å². The largest absolute Gasteiger partial charge is 0.508 e. The Bertz CT molecular complexity index is 161. The van der Waals surface area contributed by atoms with Crippen LogP contribution in [0.2, 0.25) is 0 Å². The Morgan fingerprint density at radius 2 is 2.08 bits per heavy atom. The molecule has 3 heteroatoms. The smallest absolute Gasteiger partial charge is 0.435 e. The quantitative estimate of drug-likeness (QED) is 0.482. The minimum Gasteiger partial charge on any atom is -0.435 e. The summed E-state index contributed by atoms with van der Waals surface area (Å²) in [5, 5.41) is 0. The maximum absolute atomic E-state index is 10.7. The van der Waals surface area contributed by atoms with E-state index in [4.69, 9.17) is 4.74 Å². The zero-order chi connectivity index (χ0) is 9.61. The first-order chi connectivity index (χ1) is 5.52. The van der Waals surface area contributed by atoms with Crippen molar-refractivity contribution < 1.29 is 14.3 Å². The van der Waals surface area contributed by atoms with Crippen LogP contribution < -0.4 is 0 Å². The summed E-state index contributed by atoms with van der Waals surface area (Å²) in [7, 11) is 0. The number of hydrogen-bond donors (Lipinski definition) is 0. The lowest BCUT2D eigenvalue weighted by Gasteiger charge is -2.18. The third-order valence-corrected chi connectivity index (χ3v) is 1.38. The van der Waals surface area contributed by atoms with Crippen LogP contribution in [-0.2, 0) is 9.47 Å². The summed E-state index contributed by atoms with van der Waals surface area (Å²) in [5.41, 5.74) is -0.188.